The number of carbonyl (C=O) groups is 2. The molecule has 4 aromatic carbocycles. The molecule has 0 radical (unpaired) electrons. The Morgan fingerprint density at radius 2 is 1.33 bits per heavy atom. The second kappa shape index (κ2) is 21.1. The van der Waals surface area contributed by atoms with E-state index in [0.717, 1.165) is 16.7 Å². The lowest BCUT2D eigenvalue weighted by molar-refractivity contribution is -0.127. The number of rotatable bonds is 20. The number of hydrogen-bond donors (Lipinski definition) is 5. The van der Waals surface area contributed by atoms with Crippen molar-refractivity contribution in [3.05, 3.63) is 132 Å². The molecule has 0 aromatic heterocycles. The van der Waals surface area contributed by atoms with E-state index in [2.05, 4.69) is 10.6 Å². The Morgan fingerprint density at radius 3 is 1.86 bits per heavy atom. The zero-order valence-corrected chi connectivity index (χ0v) is 33.3. The summed E-state index contributed by atoms with van der Waals surface area (Å²) < 4.78 is 39.9. The van der Waals surface area contributed by atoms with E-state index in [0.29, 0.717) is 19.6 Å². The molecule has 12 nitrogen and oxygen atoms in total. The lowest BCUT2D eigenvalue weighted by atomic mass is 9.88. The Hall–Kier alpha value is -4.79. The van der Waals surface area contributed by atoms with Gasteiger partial charge in [-0.25, -0.2) is 13.2 Å². The molecule has 0 saturated carbocycles. The molecule has 2 unspecified atom stereocenters. The number of carbonyl (C=O) groups excluding carboxylic acids is 2. The van der Waals surface area contributed by atoms with E-state index in [-0.39, 0.29) is 55.3 Å². The number of phenols is 1. The highest BCUT2D eigenvalue weighted by molar-refractivity contribution is 7.89. The molecule has 13 heteroatoms. The molecule has 4 aromatic rings. The minimum atomic E-state index is -4.16. The number of aromatic hydroxyl groups is 1. The van der Waals surface area contributed by atoms with Crippen molar-refractivity contribution in [1.82, 2.24) is 14.9 Å². The van der Waals surface area contributed by atoms with Crippen LogP contribution in [0.2, 0.25) is 0 Å². The number of hydrogen-bond acceptors (Lipinski definition) is 9. The lowest BCUT2D eigenvalue weighted by Crippen LogP contribution is -2.53. The van der Waals surface area contributed by atoms with Crippen LogP contribution in [0.25, 0.3) is 0 Å². The summed E-state index contributed by atoms with van der Waals surface area (Å²) in [6.07, 6.45) is -2.41. The van der Waals surface area contributed by atoms with Gasteiger partial charge in [0.05, 0.1) is 42.4 Å². The molecule has 57 heavy (non-hydrogen) atoms. The third-order valence-electron chi connectivity index (χ3n) is 9.95. The van der Waals surface area contributed by atoms with Crippen LogP contribution < -0.4 is 10.6 Å². The smallest absolute Gasteiger partial charge is 0.407 e. The summed E-state index contributed by atoms with van der Waals surface area (Å²) in [5.74, 6) is -1.59. The number of aliphatic hydroxyl groups is 2. The van der Waals surface area contributed by atoms with Crippen LogP contribution in [0.5, 0.6) is 5.75 Å². The van der Waals surface area contributed by atoms with Crippen LogP contribution in [-0.4, -0.2) is 96.7 Å². The number of nitrogens with one attached hydrogen (secondary N) is 2. The number of alkyl carbamates (subject to hydrolysis) is 1. The topological polar surface area (TPSA) is 175 Å². The maximum atomic E-state index is 14.5. The maximum Gasteiger partial charge on any atom is 0.407 e. The largest absolute Gasteiger partial charge is 0.508 e. The number of benzene rings is 4. The number of ether oxygens (including phenoxy) is 2. The second-order valence-corrected chi connectivity index (χ2v) is 17.0. The maximum absolute atomic E-state index is 14.5. The first-order valence-corrected chi connectivity index (χ1v) is 20.9. The molecule has 6 atom stereocenters. The zero-order chi connectivity index (χ0) is 40.8. The molecule has 1 fully saturated rings. The first kappa shape index (κ1) is 43.3. The second-order valence-electron chi connectivity index (χ2n) is 15.1. The van der Waals surface area contributed by atoms with E-state index in [1.165, 1.54) is 28.6 Å². The molecular formula is C44H55N3O9S. The van der Waals surface area contributed by atoms with Crippen molar-refractivity contribution in [2.45, 2.75) is 81.2 Å². The summed E-state index contributed by atoms with van der Waals surface area (Å²) in [7, 11) is -4.16. The van der Waals surface area contributed by atoms with Crippen LogP contribution in [0.3, 0.4) is 0 Å². The fourth-order valence-corrected chi connectivity index (χ4v) is 8.65. The number of aliphatic hydroxyl groups excluding tert-OH is 2. The third-order valence-corrected chi connectivity index (χ3v) is 11.8. The fraction of sp³-hybridized carbons (Fsp3) is 0.409. The highest BCUT2D eigenvalue weighted by atomic mass is 32.2. The molecule has 1 saturated heterocycles. The molecular weight excluding hydrogens is 747 g/mol. The average molecular weight is 802 g/mol. The van der Waals surface area contributed by atoms with Crippen molar-refractivity contribution in [3.63, 3.8) is 0 Å². The molecule has 1 aliphatic rings. The molecule has 5 N–H and O–H groups in total. The third kappa shape index (κ3) is 13.4. The van der Waals surface area contributed by atoms with E-state index in [9.17, 15) is 33.3 Å². The highest BCUT2D eigenvalue weighted by Gasteiger charge is 2.35. The van der Waals surface area contributed by atoms with Gasteiger partial charge in [0, 0.05) is 25.4 Å². The van der Waals surface area contributed by atoms with Gasteiger partial charge in [0.15, 0.2) is 0 Å². The number of sulfonamides is 1. The van der Waals surface area contributed by atoms with Crippen LogP contribution in [-0.2, 0) is 43.6 Å². The predicted octanol–water partition coefficient (Wildman–Crippen LogP) is 4.86. The molecule has 306 valence electrons. The molecule has 0 bridgehead atoms. The number of phenolic OH excluding ortho intramolecular Hbond substituents is 1. The summed E-state index contributed by atoms with van der Waals surface area (Å²) in [6, 6.07) is 31.7. The van der Waals surface area contributed by atoms with Crippen molar-refractivity contribution in [2.24, 2.45) is 11.8 Å². The number of nitrogens with zero attached hydrogens (tertiary/aromatic N) is 1. The summed E-state index contributed by atoms with van der Waals surface area (Å²) >= 11 is 0. The van der Waals surface area contributed by atoms with Gasteiger partial charge in [-0.3, -0.25) is 4.79 Å². The average Bonchev–Trinajstić information content (AvgIpc) is 3.70. The predicted molar refractivity (Wildman–Crippen MR) is 217 cm³/mol. The summed E-state index contributed by atoms with van der Waals surface area (Å²) in [4.78, 5) is 27.5. The SMILES string of the molecule is CC(C)CN(C[C@@H](O)[C@H](Cc1ccccc1)NC(=O)C(Cc1ccccc1)CC(O)[C@H](Cc1ccccc1)NC(=O)O[C@H]1CCOC1)S(=O)(=O)c1cccc(O)c1. The Kier molecular flexibility index (Phi) is 16.0. The first-order chi connectivity index (χ1) is 27.4. The van der Waals surface area contributed by atoms with Gasteiger partial charge in [-0.2, -0.15) is 4.31 Å². The van der Waals surface area contributed by atoms with Crippen molar-refractivity contribution < 1.29 is 42.8 Å². The standard InChI is InChI=1S/C44H55N3O9S/c1-31(2)28-47(57(53,54)38-20-12-19-36(48)27-38)29-42(50)40(25-34-17-10-5-11-18-34)45-43(51)35(23-32-13-6-3-7-14-32)26-41(49)39(24-33-15-8-4-9-16-33)46-44(52)56-37-21-22-55-30-37/h3-20,27,31,35,37,39-42,48-50H,21-26,28-30H2,1-2H3,(H,45,51)(H,46,52)/t35?,37-,39-,40-,41?,42+/m0/s1. The fourth-order valence-electron chi connectivity index (χ4n) is 6.99. The van der Waals surface area contributed by atoms with Gasteiger partial charge in [-0.05, 0) is 66.5 Å². The van der Waals surface area contributed by atoms with Crippen LogP contribution in [0.4, 0.5) is 4.79 Å². The van der Waals surface area contributed by atoms with Gasteiger partial charge >= 0.3 is 6.09 Å². The highest BCUT2D eigenvalue weighted by Crippen LogP contribution is 2.24. The number of amides is 2. The molecule has 1 aliphatic heterocycles. The Bertz CT molecular complexity index is 1950. The van der Waals surface area contributed by atoms with E-state index in [4.69, 9.17) is 9.47 Å². The van der Waals surface area contributed by atoms with Crippen molar-refractivity contribution in [2.75, 3.05) is 26.3 Å². The van der Waals surface area contributed by atoms with Gasteiger partial charge in [0.25, 0.3) is 0 Å². The minimum Gasteiger partial charge on any atom is -0.508 e. The molecule has 1 heterocycles. The van der Waals surface area contributed by atoms with Gasteiger partial charge in [-0.1, -0.05) is 111 Å². The van der Waals surface area contributed by atoms with Gasteiger partial charge in [0.1, 0.15) is 11.9 Å². The van der Waals surface area contributed by atoms with Gasteiger partial charge in [0.2, 0.25) is 15.9 Å². The van der Waals surface area contributed by atoms with E-state index in [1.54, 1.807) is 0 Å². The van der Waals surface area contributed by atoms with Gasteiger partial charge in [-0.15, -0.1) is 0 Å². The quantitative estimate of drug-likeness (QED) is 0.0836. The van der Waals surface area contributed by atoms with E-state index < -0.39 is 58.3 Å². The van der Waals surface area contributed by atoms with E-state index in [1.807, 2.05) is 105 Å². The van der Waals surface area contributed by atoms with Crippen LogP contribution in [0, 0.1) is 11.8 Å². The van der Waals surface area contributed by atoms with Crippen LogP contribution in [0.1, 0.15) is 43.4 Å². The molecule has 0 spiro atoms. The summed E-state index contributed by atoms with van der Waals surface area (Å²) in [5, 5.41) is 39.7. The monoisotopic (exact) mass is 801 g/mol. The van der Waals surface area contributed by atoms with Crippen molar-refractivity contribution in [1.29, 1.82) is 0 Å². The summed E-state index contributed by atoms with van der Waals surface area (Å²) in [6.45, 7) is 4.26. The van der Waals surface area contributed by atoms with Gasteiger partial charge < -0.3 is 35.4 Å². The van der Waals surface area contributed by atoms with Crippen LogP contribution in [0.15, 0.2) is 120 Å². The van der Waals surface area contributed by atoms with E-state index >= 15 is 0 Å². The minimum absolute atomic E-state index is 0.0510. The van der Waals surface area contributed by atoms with Crippen LogP contribution >= 0.6 is 0 Å². The zero-order valence-electron chi connectivity index (χ0n) is 32.5. The Balaban J connectivity index is 1.41. The van der Waals surface area contributed by atoms with Crippen molar-refractivity contribution in [3.8, 4) is 5.75 Å². The lowest BCUT2D eigenvalue weighted by Gasteiger charge is -2.32. The molecule has 5 rings (SSSR count). The molecule has 0 aliphatic carbocycles. The summed E-state index contributed by atoms with van der Waals surface area (Å²) in [5.41, 5.74) is 2.53. The molecule has 2 amide bonds. The Labute approximate surface area is 335 Å². The first-order valence-electron chi connectivity index (χ1n) is 19.5. The van der Waals surface area contributed by atoms with Crippen molar-refractivity contribution >= 4 is 22.0 Å². The Morgan fingerprint density at radius 1 is 0.772 bits per heavy atom. The normalized spacial score (nSPS) is 17.1.